The number of nitrogens with one attached hydrogen (secondary N) is 1. The number of benzene rings is 1. The Labute approximate surface area is 108 Å². The lowest BCUT2D eigenvalue weighted by molar-refractivity contribution is 0.0911. The fourth-order valence-corrected chi connectivity index (χ4v) is 2.26. The van der Waals surface area contributed by atoms with Crippen LogP contribution in [0.25, 0.3) is 0 Å². The molecule has 2 nitrogen and oxygen atoms in total. The maximum atomic E-state index is 12.1. The highest BCUT2D eigenvalue weighted by atomic mass is 35.5. The highest BCUT2D eigenvalue weighted by Crippen LogP contribution is 2.13. The Morgan fingerprint density at radius 3 is 2.24 bits per heavy atom. The summed E-state index contributed by atoms with van der Waals surface area (Å²) >= 11 is 5.71. The second-order valence-corrected chi connectivity index (χ2v) is 5.53. The van der Waals surface area contributed by atoms with E-state index in [0.717, 1.165) is 17.5 Å². The van der Waals surface area contributed by atoms with Crippen LogP contribution in [0.2, 0.25) is 0 Å². The van der Waals surface area contributed by atoms with Gasteiger partial charge in [-0.1, -0.05) is 17.2 Å². The standard InChI is InChI=1S/C14H20ClNO/c1-10-7-11(2)9-12(8-10)13(17)16-14(3,4)5-6-15/h7-9H,5-6H2,1-4H3,(H,16,17). The van der Waals surface area contributed by atoms with Crippen LogP contribution in [0, 0.1) is 13.8 Å². The van der Waals surface area contributed by atoms with E-state index < -0.39 is 0 Å². The predicted octanol–water partition coefficient (Wildman–Crippen LogP) is 3.44. The van der Waals surface area contributed by atoms with E-state index in [0.29, 0.717) is 11.4 Å². The summed E-state index contributed by atoms with van der Waals surface area (Å²) in [5.74, 6) is 0.507. The van der Waals surface area contributed by atoms with Gasteiger partial charge in [0.25, 0.3) is 5.91 Å². The van der Waals surface area contributed by atoms with E-state index in [2.05, 4.69) is 11.4 Å². The molecule has 0 heterocycles. The van der Waals surface area contributed by atoms with Gasteiger partial charge in [-0.3, -0.25) is 4.79 Å². The molecule has 0 aliphatic heterocycles. The summed E-state index contributed by atoms with van der Waals surface area (Å²) in [6.07, 6.45) is 0.755. The molecule has 1 aromatic carbocycles. The van der Waals surface area contributed by atoms with Crippen molar-refractivity contribution in [1.82, 2.24) is 5.32 Å². The van der Waals surface area contributed by atoms with Gasteiger partial charge in [0, 0.05) is 17.0 Å². The molecule has 0 radical (unpaired) electrons. The molecule has 1 N–H and O–H groups in total. The smallest absolute Gasteiger partial charge is 0.251 e. The van der Waals surface area contributed by atoms with E-state index >= 15 is 0 Å². The van der Waals surface area contributed by atoms with Crippen molar-refractivity contribution in [2.75, 3.05) is 5.88 Å². The molecule has 1 aromatic rings. The van der Waals surface area contributed by atoms with Gasteiger partial charge in [-0.25, -0.2) is 0 Å². The molecule has 0 bridgehead atoms. The van der Waals surface area contributed by atoms with E-state index in [1.165, 1.54) is 0 Å². The lowest BCUT2D eigenvalue weighted by Crippen LogP contribution is -2.43. The van der Waals surface area contributed by atoms with Gasteiger partial charge in [-0.05, 0) is 46.2 Å². The maximum Gasteiger partial charge on any atom is 0.251 e. The molecule has 0 aliphatic carbocycles. The average Bonchev–Trinajstić information content (AvgIpc) is 2.14. The van der Waals surface area contributed by atoms with Crippen molar-refractivity contribution < 1.29 is 4.79 Å². The molecule has 0 saturated carbocycles. The van der Waals surface area contributed by atoms with Crippen LogP contribution < -0.4 is 5.32 Å². The van der Waals surface area contributed by atoms with Gasteiger partial charge in [0.05, 0.1) is 0 Å². The number of halogens is 1. The van der Waals surface area contributed by atoms with Crippen LogP contribution in [-0.2, 0) is 0 Å². The van der Waals surface area contributed by atoms with Gasteiger partial charge < -0.3 is 5.32 Å². The molecule has 0 saturated heterocycles. The number of amides is 1. The fourth-order valence-electron chi connectivity index (χ4n) is 1.78. The van der Waals surface area contributed by atoms with Crippen molar-refractivity contribution in [3.63, 3.8) is 0 Å². The van der Waals surface area contributed by atoms with Gasteiger partial charge in [0.15, 0.2) is 0 Å². The molecule has 1 rings (SSSR count). The van der Waals surface area contributed by atoms with Crippen molar-refractivity contribution in [3.8, 4) is 0 Å². The zero-order valence-electron chi connectivity index (χ0n) is 10.9. The van der Waals surface area contributed by atoms with Crippen LogP contribution in [0.3, 0.4) is 0 Å². The van der Waals surface area contributed by atoms with Gasteiger partial charge in [0.2, 0.25) is 0 Å². The van der Waals surface area contributed by atoms with Crippen LogP contribution in [-0.4, -0.2) is 17.3 Å². The molecular weight excluding hydrogens is 234 g/mol. The first-order chi connectivity index (χ1) is 7.84. The molecule has 0 aromatic heterocycles. The predicted molar refractivity (Wildman–Crippen MR) is 72.8 cm³/mol. The third-order valence-electron chi connectivity index (χ3n) is 2.66. The summed E-state index contributed by atoms with van der Waals surface area (Å²) in [6.45, 7) is 7.95. The van der Waals surface area contributed by atoms with E-state index in [9.17, 15) is 4.79 Å². The molecule has 3 heteroatoms. The lowest BCUT2D eigenvalue weighted by Gasteiger charge is -2.25. The minimum absolute atomic E-state index is 0.0353. The Kier molecular flexibility index (Phi) is 4.58. The summed E-state index contributed by atoms with van der Waals surface area (Å²) in [4.78, 5) is 12.1. The Morgan fingerprint density at radius 1 is 1.24 bits per heavy atom. The van der Waals surface area contributed by atoms with Crippen molar-refractivity contribution in [1.29, 1.82) is 0 Å². The molecule has 0 atom stereocenters. The number of hydrogen-bond acceptors (Lipinski definition) is 1. The number of carbonyl (C=O) groups is 1. The highest BCUT2D eigenvalue weighted by Gasteiger charge is 2.20. The fraction of sp³-hybridized carbons (Fsp3) is 0.500. The van der Waals surface area contributed by atoms with E-state index in [-0.39, 0.29) is 11.4 Å². The van der Waals surface area contributed by atoms with Gasteiger partial charge in [0.1, 0.15) is 0 Å². The lowest BCUT2D eigenvalue weighted by atomic mass is 10.0. The summed E-state index contributed by atoms with van der Waals surface area (Å²) in [7, 11) is 0. The molecular formula is C14H20ClNO. The van der Waals surface area contributed by atoms with Crippen LogP contribution in [0.4, 0.5) is 0 Å². The van der Waals surface area contributed by atoms with Crippen molar-refractivity contribution in [2.45, 2.75) is 39.7 Å². The molecule has 94 valence electrons. The molecule has 0 unspecified atom stereocenters. The maximum absolute atomic E-state index is 12.1. The quantitative estimate of drug-likeness (QED) is 0.819. The summed E-state index contributed by atoms with van der Waals surface area (Å²) in [5.41, 5.74) is 2.65. The first kappa shape index (κ1) is 14.0. The largest absolute Gasteiger partial charge is 0.347 e. The zero-order valence-corrected chi connectivity index (χ0v) is 11.7. The third kappa shape index (κ3) is 4.39. The molecule has 0 spiro atoms. The summed E-state index contributed by atoms with van der Waals surface area (Å²) in [5, 5.41) is 3.00. The van der Waals surface area contributed by atoms with Gasteiger partial charge in [-0.15, -0.1) is 11.6 Å². The summed E-state index contributed by atoms with van der Waals surface area (Å²) < 4.78 is 0. The number of hydrogen-bond donors (Lipinski definition) is 1. The number of alkyl halides is 1. The Balaban J connectivity index is 2.83. The van der Waals surface area contributed by atoms with Crippen molar-refractivity contribution in [3.05, 3.63) is 34.9 Å². The van der Waals surface area contributed by atoms with Crippen LogP contribution in [0.15, 0.2) is 18.2 Å². The van der Waals surface area contributed by atoms with Crippen molar-refractivity contribution >= 4 is 17.5 Å². The Hall–Kier alpha value is -1.02. The number of aryl methyl sites for hydroxylation is 2. The average molecular weight is 254 g/mol. The van der Waals surface area contributed by atoms with E-state index in [4.69, 9.17) is 11.6 Å². The Morgan fingerprint density at radius 2 is 1.76 bits per heavy atom. The normalized spacial score (nSPS) is 11.4. The molecule has 17 heavy (non-hydrogen) atoms. The second kappa shape index (κ2) is 5.54. The highest BCUT2D eigenvalue weighted by molar-refractivity contribution is 6.17. The number of rotatable bonds is 4. The number of carbonyl (C=O) groups excluding carboxylic acids is 1. The van der Waals surface area contributed by atoms with Crippen LogP contribution >= 0.6 is 11.6 Å². The van der Waals surface area contributed by atoms with Crippen LogP contribution in [0.1, 0.15) is 41.8 Å². The van der Waals surface area contributed by atoms with Gasteiger partial charge >= 0.3 is 0 Å². The second-order valence-electron chi connectivity index (χ2n) is 5.15. The SMILES string of the molecule is Cc1cc(C)cc(C(=O)NC(C)(C)CCCl)c1. The van der Waals surface area contributed by atoms with Crippen molar-refractivity contribution in [2.24, 2.45) is 0 Å². The first-order valence-electron chi connectivity index (χ1n) is 5.81. The van der Waals surface area contributed by atoms with E-state index in [1.54, 1.807) is 0 Å². The van der Waals surface area contributed by atoms with Crippen LogP contribution in [0.5, 0.6) is 0 Å². The third-order valence-corrected chi connectivity index (χ3v) is 2.84. The Bertz CT molecular complexity index is 392. The molecule has 0 fully saturated rings. The monoisotopic (exact) mass is 253 g/mol. The van der Waals surface area contributed by atoms with E-state index in [1.807, 2.05) is 39.8 Å². The molecule has 1 amide bonds. The zero-order chi connectivity index (χ0) is 13.1. The minimum Gasteiger partial charge on any atom is -0.347 e. The minimum atomic E-state index is -0.267. The topological polar surface area (TPSA) is 29.1 Å². The summed E-state index contributed by atoms with van der Waals surface area (Å²) in [6, 6.07) is 5.86. The molecule has 0 aliphatic rings. The van der Waals surface area contributed by atoms with Gasteiger partial charge in [-0.2, -0.15) is 0 Å². The first-order valence-corrected chi connectivity index (χ1v) is 6.34.